The van der Waals surface area contributed by atoms with Gasteiger partial charge >= 0.3 is 6.01 Å². The van der Waals surface area contributed by atoms with E-state index in [-0.39, 0.29) is 53.3 Å². The van der Waals surface area contributed by atoms with E-state index in [0.717, 1.165) is 63.5 Å². The van der Waals surface area contributed by atoms with E-state index in [1.54, 1.807) is 0 Å². The van der Waals surface area contributed by atoms with Crippen molar-refractivity contribution in [1.29, 1.82) is 0 Å². The highest BCUT2D eigenvalue weighted by atomic mass is 35.5. The van der Waals surface area contributed by atoms with Crippen LogP contribution in [0.25, 0.3) is 22.2 Å². The number of hydrogen-bond donors (Lipinski definition) is 1. The van der Waals surface area contributed by atoms with Crippen LogP contribution >= 0.6 is 11.6 Å². The first-order valence-electron chi connectivity index (χ1n) is 15.6. The quantitative estimate of drug-likeness (QED) is 0.354. The number of anilines is 1. The highest BCUT2D eigenvalue weighted by molar-refractivity contribution is 6.32. The smallest absolute Gasteiger partial charge is 0.319 e. The maximum absolute atomic E-state index is 16.8. The number of aromatic nitrogens is 3. The molecule has 2 saturated carbocycles. The number of fused-ring (bicyclic) bond motifs is 2. The van der Waals surface area contributed by atoms with E-state index in [0.29, 0.717) is 41.4 Å². The Labute approximate surface area is 254 Å². The number of rotatable bonds is 5. The largest absolute Gasteiger partial charge is 0.508 e. The molecule has 43 heavy (non-hydrogen) atoms. The van der Waals surface area contributed by atoms with Crippen LogP contribution in [0.3, 0.4) is 0 Å². The number of phenolic OH excluding ortho intramolecular Hbond substituents is 1. The molecule has 11 heteroatoms. The minimum absolute atomic E-state index is 0.0397. The normalized spacial score (nSPS) is 28.7. The summed E-state index contributed by atoms with van der Waals surface area (Å²) in [7, 11) is 2.00. The average Bonchev–Trinajstić information content (AvgIpc) is 3.67. The highest BCUT2D eigenvalue weighted by Crippen LogP contribution is 2.50. The van der Waals surface area contributed by atoms with Crippen molar-refractivity contribution >= 4 is 28.3 Å². The zero-order valence-electron chi connectivity index (χ0n) is 24.3. The number of alkyl halides is 1. The third-order valence-corrected chi connectivity index (χ3v) is 10.7. The van der Waals surface area contributed by atoms with Crippen LogP contribution < -0.4 is 14.4 Å². The molecule has 1 aromatic carbocycles. The van der Waals surface area contributed by atoms with Gasteiger partial charge in [-0.3, -0.25) is 4.90 Å². The van der Waals surface area contributed by atoms with Gasteiger partial charge in [0, 0.05) is 42.6 Å². The predicted molar refractivity (Wildman–Crippen MR) is 160 cm³/mol. The van der Waals surface area contributed by atoms with Gasteiger partial charge in [-0.2, -0.15) is 9.97 Å². The second-order valence-corrected chi connectivity index (χ2v) is 13.6. The Morgan fingerprint density at radius 2 is 1.98 bits per heavy atom. The van der Waals surface area contributed by atoms with Crippen LogP contribution in [0.4, 0.5) is 14.6 Å². The molecule has 8 rings (SSSR count). The second-order valence-electron chi connectivity index (χ2n) is 13.2. The van der Waals surface area contributed by atoms with E-state index in [9.17, 15) is 9.50 Å². The van der Waals surface area contributed by atoms with Crippen LogP contribution in [0, 0.1) is 11.7 Å². The molecule has 2 unspecified atom stereocenters. The molecule has 5 heterocycles. The molecule has 8 nitrogen and oxygen atoms in total. The lowest BCUT2D eigenvalue weighted by atomic mass is 9.84. The molecule has 2 aliphatic carbocycles. The molecule has 2 aromatic heterocycles. The average molecular weight is 612 g/mol. The topological polar surface area (TPSA) is 83.8 Å². The van der Waals surface area contributed by atoms with Gasteiger partial charge in [0.15, 0.2) is 5.82 Å². The highest BCUT2D eigenvalue weighted by Gasteiger charge is 2.49. The van der Waals surface area contributed by atoms with Crippen molar-refractivity contribution in [2.24, 2.45) is 5.92 Å². The lowest BCUT2D eigenvalue weighted by Crippen LogP contribution is -2.44. The van der Waals surface area contributed by atoms with Crippen LogP contribution in [-0.4, -0.2) is 76.1 Å². The predicted octanol–water partition coefficient (Wildman–Crippen LogP) is 6.41. The molecule has 3 aliphatic heterocycles. The van der Waals surface area contributed by atoms with Gasteiger partial charge in [-0.25, -0.2) is 13.8 Å². The van der Waals surface area contributed by atoms with Gasteiger partial charge < -0.3 is 19.5 Å². The molecule has 5 aliphatic rings. The fourth-order valence-electron chi connectivity index (χ4n) is 8.18. The van der Waals surface area contributed by atoms with Crippen LogP contribution in [0.5, 0.6) is 17.6 Å². The molecular weight excluding hydrogens is 576 g/mol. The van der Waals surface area contributed by atoms with Crippen molar-refractivity contribution < 1.29 is 23.4 Å². The number of benzene rings is 1. The van der Waals surface area contributed by atoms with E-state index in [2.05, 4.69) is 14.8 Å². The van der Waals surface area contributed by atoms with Crippen LogP contribution in [0.2, 0.25) is 5.02 Å². The first-order valence-corrected chi connectivity index (χ1v) is 16.0. The molecule has 0 amide bonds. The first-order chi connectivity index (χ1) is 20.8. The number of aromatic hydroxyl groups is 1. The van der Waals surface area contributed by atoms with Crippen molar-refractivity contribution in [3.63, 3.8) is 0 Å². The third kappa shape index (κ3) is 4.58. The third-order valence-electron chi connectivity index (χ3n) is 10.4. The minimum atomic E-state index is -0.884. The van der Waals surface area contributed by atoms with Crippen molar-refractivity contribution in [2.45, 2.75) is 81.5 Å². The zero-order valence-corrected chi connectivity index (χ0v) is 25.0. The van der Waals surface area contributed by atoms with Crippen molar-refractivity contribution in [3.05, 3.63) is 28.5 Å². The maximum atomic E-state index is 16.8. The summed E-state index contributed by atoms with van der Waals surface area (Å²) in [6.07, 6.45) is 7.48. The number of pyridine rings is 1. The Hall–Kier alpha value is -2.98. The minimum Gasteiger partial charge on any atom is -0.508 e. The molecule has 3 aromatic rings. The molecule has 1 N–H and O–H groups in total. The molecule has 4 atom stereocenters. The lowest BCUT2D eigenvalue weighted by molar-refractivity contribution is 0.107. The van der Waals surface area contributed by atoms with Crippen LogP contribution in [0.15, 0.2) is 12.1 Å². The number of phenols is 1. The molecular formula is C32H36ClF2N5O3. The van der Waals surface area contributed by atoms with E-state index in [4.69, 9.17) is 31.0 Å². The van der Waals surface area contributed by atoms with Gasteiger partial charge in [0.25, 0.3) is 0 Å². The van der Waals surface area contributed by atoms with Gasteiger partial charge in [-0.15, -0.1) is 0 Å². The summed E-state index contributed by atoms with van der Waals surface area (Å²) in [5.41, 5.74) is 0.926. The van der Waals surface area contributed by atoms with Gasteiger partial charge in [-0.1, -0.05) is 24.4 Å². The summed E-state index contributed by atoms with van der Waals surface area (Å²) < 4.78 is 44.0. The summed E-state index contributed by atoms with van der Waals surface area (Å²) in [6.45, 7) is 1.96. The Kier molecular flexibility index (Phi) is 6.60. The number of ether oxygens (including phenoxy) is 2. The summed E-state index contributed by atoms with van der Waals surface area (Å²) in [6, 6.07) is 3.25. The van der Waals surface area contributed by atoms with E-state index in [1.807, 2.05) is 7.05 Å². The first kappa shape index (κ1) is 27.6. The van der Waals surface area contributed by atoms with Crippen LogP contribution in [-0.2, 0) is 0 Å². The van der Waals surface area contributed by atoms with Gasteiger partial charge in [0.2, 0.25) is 5.88 Å². The Morgan fingerprint density at radius 1 is 1.14 bits per heavy atom. The van der Waals surface area contributed by atoms with E-state index in [1.165, 1.54) is 12.1 Å². The SMILES string of the molecule is CN1c2nc(OC[C@@]34CCCN3C[C@H](F)C4)nc3c(F)c(-c4cc(O)cc(Cl)c4C4CC4)nc(c23)OCC2CCCCC21. The van der Waals surface area contributed by atoms with Crippen LogP contribution in [0.1, 0.15) is 69.3 Å². The van der Waals surface area contributed by atoms with Crippen molar-refractivity contribution in [1.82, 2.24) is 19.9 Å². The number of nitrogens with zero attached hydrogens (tertiary/aromatic N) is 5. The fourth-order valence-corrected chi connectivity index (χ4v) is 8.54. The van der Waals surface area contributed by atoms with Crippen molar-refractivity contribution in [2.75, 3.05) is 38.3 Å². The number of halogens is 3. The molecule has 0 bridgehead atoms. The Morgan fingerprint density at radius 3 is 2.81 bits per heavy atom. The van der Waals surface area contributed by atoms with E-state index < -0.39 is 17.5 Å². The van der Waals surface area contributed by atoms with E-state index >= 15 is 4.39 Å². The van der Waals surface area contributed by atoms with Gasteiger partial charge in [0.05, 0.1) is 12.1 Å². The van der Waals surface area contributed by atoms with Gasteiger partial charge in [0.1, 0.15) is 40.9 Å². The summed E-state index contributed by atoms with van der Waals surface area (Å²) in [5.74, 6) is 0.531. The summed E-state index contributed by atoms with van der Waals surface area (Å²) >= 11 is 6.60. The Bertz CT molecular complexity index is 1610. The molecule has 228 valence electrons. The van der Waals surface area contributed by atoms with Gasteiger partial charge in [-0.05, 0) is 68.7 Å². The molecule has 0 radical (unpaired) electrons. The molecule has 0 spiro atoms. The molecule has 2 saturated heterocycles. The fraction of sp³-hybridized carbons (Fsp3) is 0.594. The zero-order chi connectivity index (χ0) is 29.5. The van der Waals surface area contributed by atoms with Crippen molar-refractivity contribution in [3.8, 4) is 28.9 Å². The summed E-state index contributed by atoms with van der Waals surface area (Å²) in [4.78, 5) is 18.6. The summed E-state index contributed by atoms with van der Waals surface area (Å²) in [5, 5.41) is 11.3. The monoisotopic (exact) mass is 611 g/mol. The Balaban J connectivity index is 1.29. The molecule has 4 fully saturated rings. The number of hydrogen-bond acceptors (Lipinski definition) is 8. The second kappa shape index (κ2) is 10.3. The standard InChI is InChI=1S/C32H36ClF2N5O3/c1-39-23-6-3-2-5-18(23)15-42-30-25-28(26(35)27(36-30)21-11-20(41)12-22(33)24(21)17-7-8-17)37-31(38-29(25)39)43-16-32-9-4-10-40(32)14-19(34)13-32/h11-12,17-19,23,41H,2-10,13-16H2,1H3/t18?,19-,23?,32+/m1/s1. The maximum Gasteiger partial charge on any atom is 0.319 e. The lowest BCUT2D eigenvalue weighted by Gasteiger charge is -2.40.